The van der Waals surface area contributed by atoms with Crippen LogP contribution < -0.4 is 5.56 Å². The minimum absolute atomic E-state index is 0.0459. The largest absolute Gasteiger partial charge is 0.350 e. The first-order chi connectivity index (χ1) is 13.7. The molecule has 1 aromatic carbocycles. The van der Waals surface area contributed by atoms with Crippen LogP contribution in [0.15, 0.2) is 59.7 Å². The Labute approximate surface area is 162 Å². The number of aromatic nitrogens is 4. The molecule has 0 saturated carbocycles. The molecule has 6 nitrogen and oxygen atoms in total. The molecular formula is C22H21N5O. The molecular weight excluding hydrogens is 350 g/mol. The third-order valence-corrected chi connectivity index (χ3v) is 5.43. The molecule has 28 heavy (non-hydrogen) atoms. The first kappa shape index (κ1) is 16.9. The van der Waals surface area contributed by atoms with Crippen LogP contribution in [0.2, 0.25) is 0 Å². The van der Waals surface area contributed by atoms with Gasteiger partial charge in [-0.05, 0) is 30.2 Å². The van der Waals surface area contributed by atoms with Gasteiger partial charge in [-0.25, -0.2) is 4.98 Å². The lowest BCUT2D eigenvalue weighted by Gasteiger charge is -2.27. The molecule has 0 bridgehead atoms. The van der Waals surface area contributed by atoms with E-state index >= 15 is 0 Å². The Balaban J connectivity index is 1.46. The number of rotatable bonds is 3. The van der Waals surface area contributed by atoms with Gasteiger partial charge in [0.15, 0.2) is 5.82 Å². The van der Waals surface area contributed by atoms with Crippen molar-refractivity contribution in [2.75, 3.05) is 6.54 Å². The molecule has 0 fully saturated rings. The number of para-hydroxylation sites is 1. The van der Waals surface area contributed by atoms with Crippen molar-refractivity contribution >= 4 is 10.9 Å². The molecule has 4 aromatic rings. The second kappa shape index (κ2) is 6.73. The number of nitrogens with one attached hydrogen (secondary N) is 1. The van der Waals surface area contributed by atoms with Gasteiger partial charge >= 0.3 is 0 Å². The van der Waals surface area contributed by atoms with Gasteiger partial charge in [-0.1, -0.05) is 24.3 Å². The van der Waals surface area contributed by atoms with Crippen molar-refractivity contribution in [3.8, 4) is 11.5 Å². The van der Waals surface area contributed by atoms with Crippen LogP contribution in [0.25, 0.3) is 22.4 Å². The summed E-state index contributed by atoms with van der Waals surface area (Å²) < 4.78 is 2.17. The smallest absolute Gasteiger partial charge is 0.254 e. The lowest BCUT2D eigenvalue weighted by molar-refractivity contribution is 0.241. The van der Waals surface area contributed by atoms with Gasteiger partial charge in [0.05, 0.1) is 5.69 Å². The van der Waals surface area contributed by atoms with Crippen LogP contribution in [-0.4, -0.2) is 31.0 Å². The van der Waals surface area contributed by atoms with Crippen LogP contribution in [0.1, 0.15) is 16.8 Å². The number of fused-ring (bicyclic) bond motifs is 2. The summed E-state index contributed by atoms with van der Waals surface area (Å²) in [4.78, 5) is 26.9. The summed E-state index contributed by atoms with van der Waals surface area (Å²) in [7, 11) is 2.08. The highest BCUT2D eigenvalue weighted by Crippen LogP contribution is 2.24. The minimum Gasteiger partial charge on any atom is -0.350 e. The Morgan fingerprint density at radius 2 is 2.00 bits per heavy atom. The molecule has 0 aliphatic carbocycles. The van der Waals surface area contributed by atoms with Crippen LogP contribution in [-0.2, 0) is 26.6 Å². The van der Waals surface area contributed by atoms with Crippen LogP contribution in [0.5, 0.6) is 0 Å². The molecule has 0 spiro atoms. The van der Waals surface area contributed by atoms with Crippen molar-refractivity contribution < 1.29 is 0 Å². The molecule has 1 N–H and O–H groups in total. The highest BCUT2D eigenvalue weighted by molar-refractivity contribution is 5.83. The standard InChI is InChI=1S/C22H21N5O/c1-26-12-15(16-6-2-3-8-20(16)26)13-27-11-9-17-19(14-27)24-21(25-22(17)28)18-7-4-5-10-23-18/h2-8,10,12H,9,11,13-14H2,1H3,(H,24,25,28). The van der Waals surface area contributed by atoms with Crippen molar-refractivity contribution in [2.45, 2.75) is 19.5 Å². The fourth-order valence-corrected chi connectivity index (χ4v) is 4.05. The third-order valence-electron chi connectivity index (χ3n) is 5.43. The van der Waals surface area contributed by atoms with E-state index < -0.39 is 0 Å². The normalized spacial score (nSPS) is 14.3. The molecule has 0 atom stereocenters. The van der Waals surface area contributed by atoms with E-state index in [1.165, 1.54) is 16.5 Å². The molecule has 5 rings (SSSR count). The van der Waals surface area contributed by atoms with Crippen molar-refractivity contribution in [1.29, 1.82) is 0 Å². The second-order valence-corrected chi connectivity index (χ2v) is 7.30. The van der Waals surface area contributed by atoms with Crippen molar-refractivity contribution in [3.05, 3.63) is 82.0 Å². The van der Waals surface area contributed by atoms with Gasteiger partial charge in [0.2, 0.25) is 0 Å². The topological polar surface area (TPSA) is 66.8 Å². The summed E-state index contributed by atoms with van der Waals surface area (Å²) in [5, 5.41) is 1.28. The van der Waals surface area contributed by atoms with E-state index in [0.29, 0.717) is 24.5 Å². The minimum atomic E-state index is -0.0459. The van der Waals surface area contributed by atoms with Gasteiger partial charge in [-0.2, -0.15) is 0 Å². The van der Waals surface area contributed by atoms with Gasteiger partial charge in [0, 0.05) is 55.5 Å². The average molecular weight is 371 g/mol. The Bertz CT molecular complexity index is 1210. The van der Waals surface area contributed by atoms with Crippen LogP contribution in [0.3, 0.4) is 0 Å². The summed E-state index contributed by atoms with van der Waals surface area (Å²) in [5.41, 5.74) is 4.84. The maximum absolute atomic E-state index is 12.6. The fraction of sp³-hybridized carbons (Fsp3) is 0.227. The second-order valence-electron chi connectivity index (χ2n) is 7.30. The summed E-state index contributed by atoms with van der Waals surface area (Å²) >= 11 is 0. The lowest BCUT2D eigenvalue weighted by Crippen LogP contribution is -2.35. The maximum Gasteiger partial charge on any atom is 0.254 e. The molecule has 0 unspecified atom stereocenters. The number of nitrogens with zero attached hydrogens (tertiary/aromatic N) is 4. The predicted molar refractivity (Wildman–Crippen MR) is 109 cm³/mol. The number of hydrogen-bond acceptors (Lipinski definition) is 4. The monoisotopic (exact) mass is 371 g/mol. The average Bonchev–Trinajstić information content (AvgIpc) is 3.04. The van der Waals surface area contributed by atoms with E-state index in [0.717, 1.165) is 24.3 Å². The number of benzene rings is 1. The quantitative estimate of drug-likeness (QED) is 0.601. The molecule has 6 heteroatoms. The van der Waals surface area contributed by atoms with Gasteiger partial charge in [0.25, 0.3) is 5.56 Å². The van der Waals surface area contributed by atoms with E-state index in [-0.39, 0.29) is 5.56 Å². The maximum atomic E-state index is 12.6. The van der Waals surface area contributed by atoms with Crippen LogP contribution in [0, 0.1) is 0 Å². The van der Waals surface area contributed by atoms with Crippen molar-refractivity contribution in [3.63, 3.8) is 0 Å². The summed E-state index contributed by atoms with van der Waals surface area (Å²) in [6.07, 6.45) is 4.62. The third kappa shape index (κ3) is 2.92. The fourth-order valence-electron chi connectivity index (χ4n) is 4.05. The molecule has 4 heterocycles. The molecule has 0 saturated heterocycles. The Morgan fingerprint density at radius 1 is 1.14 bits per heavy atom. The van der Waals surface area contributed by atoms with Gasteiger partial charge in [-0.3, -0.25) is 14.7 Å². The zero-order valence-electron chi connectivity index (χ0n) is 15.7. The molecule has 1 aliphatic rings. The van der Waals surface area contributed by atoms with E-state index in [2.05, 4.69) is 56.9 Å². The SMILES string of the molecule is Cn1cc(CN2CCc3c(nc(-c4ccccn4)[nH]c3=O)C2)c2ccccc21. The number of aryl methyl sites for hydroxylation is 1. The Kier molecular flexibility index (Phi) is 4.06. The van der Waals surface area contributed by atoms with E-state index in [1.807, 2.05) is 18.2 Å². The number of pyridine rings is 1. The Hall–Kier alpha value is -3.25. The summed E-state index contributed by atoms with van der Waals surface area (Å²) in [6.45, 7) is 2.36. The molecule has 0 amide bonds. The highest BCUT2D eigenvalue weighted by atomic mass is 16.1. The van der Waals surface area contributed by atoms with Crippen LogP contribution >= 0.6 is 0 Å². The summed E-state index contributed by atoms with van der Waals surface area (Å²) in [5.74, 6) is 0.538. The number of hydrogen-bond donors (Lipinski definition) is 1. The van der Waals surface area contributed by atoms with E-state index in [9.17, 15) is 4.79 Å². The number of H-pyrrole nitrogens is 1. The first-order valence-electron chi connectivity index (χ1n) is 9.48. The predicted octanol–water partition coefficient (Wildman–Crippen LogP) is 2.88. The molecule has 3 aromatic heterocycles. The zero-order valence-corrected chi connectivity index (χ0v) is 15.7. The van der Waals surface area contributed by atoms with E-state index in [4.69, 9.17) is 4.98 Å². The van der Waals surface area contributed by atoms with Crippen molar-refractivity contribution in [2.24, 2.45) is 7.05 Å². The highest BCUT2D eigenvalue weighted by Gasteiger charge is 2.22. The lowest BCUT2D eigenvalue weighted by atomic mass is 10.1. The Morgan fingerprint density at radius 3 is 2.86 bits per heavy atom. The zero-order chi connectivity index (χ0) is 19.1. The van der Waals surface area contributed by atoms with Crippen LogP contribution in [0.4, 0.5) is 0 Å². The van der Waals surface area contributed by atoms with Gasteiger partial charge in [-0.15, -0.1) is 0 Å². The van der Waals surface area contributed by atoms with E-state index in [1.54, 1.807) is 6.20 Å². The molecule has 0 radical (unpaired) electrons. The first-order valence-corrected chi connectivity index (χ1v) is 9.48. The number of aromatic amines is 1. The molecule has 140 valence electrons. The van der Waals surface area contributed by atoms with Gasteiger partial charge in [0.1, 0.15) is 5.69 Å². The summed E-state index contributed by atoms with van der Waals surface area (Å²) in [6, 6.07) is 14.1. The van der Waals surface area contributed by atoms with Crippen molar-refractivity contribution in [1.82, 2.24) is 24.4 Å². The molecule has 1 aliphatic heterocycles. The van der Waals surface area contributed by atoms with Gasteiger partial charge < -0.3 is 9.55 Å².